The largest absolute Gasteiger partial charge is 0.397 e. The van der Waals surface area contributed by atoms with Crippen LogP contribution in [0.2, 0.25) is 0 Å². The highest BCUT2D eigenvalue weighted by Gasteiger charge is 2.09. The Balaban J connectivity index is 1.32. The van der Waals surface area contributed by atoms with Gasteiger partial charge in [-0.05, 0) is 47.9 Å². The molecule has 0 fully saturated rings. The van der Waals surface area contributed by atoms with Gasteiger partial charge in [0, 0.05) is 18.7 Å². The van der Waals surface area contributed by atoms with Gasteiger partial charge in [0.05, 0.1) is 11.4 Å². The fourth-order valence-electron chi connectivity index (χ4n) is 3.32. The Morgan fingerprint density at radius 2 is 1.51 bits per heavy atom. The third-order valence-electron chi connectivity index (χ3n) is 5.16. The Labute approximate surface area is 201 Å². The molecular weight excluding hydrogens is 447 g/mol. The highest BCUT2D eigenvalue weighted by Crippen LogP contribution is 2.18. The van der Waals surface area contributed by atoms with Crippen LogP contribution in [-0.4, -0.2) is 27.4 Å². The van der Waals surface area contributed by atoms with Crippen molar-refractivity contribution >= 4 is 35.1 Å². The van der Waals surface area contributed by atoms with Crippen molar-refractivity contribution < 1.29 is 9.18 Å². The van der Waals surface area contributed by atoms with E-state index in [2.05, 4.69) is 30.9 Å². The van der Waals surface area contributed by atoms with Crippen LogP contribution in [0.1, 0.15) is 21.5 Å². The van der Waals surface area contributed by atoms with Gasteiger partial charge in [0.15, 0.2) is 0 Å². The summed E-state index contributed by atoms with van der Waals surface area (Å²) in [5.74, 6) is 0.150. The van der Waals surface area contributed by atoms with E-state index in [0.717, 1.165) is 5.56 Å². The van der Waals surface area contributed by atoms with Crippen molar-refractivity contribution in [3.63, 3.8) is 0 Å². The van der Waals surface area contributed by atoms with Gasteiger partial charge in [0.1, 0.15) is 5.82 Å². The molecule has 4 rings (SSSR count). The molecule has 7 N–H and O–H groups in total. The molecule has 0 unspecified atom stereocenters. The van der Waals surface area contributed by atoms with E-state index in [1.807, 2.05) is 12.1 Å². The Morgan fingerprint density at radius 1 is 0.829 bits per heavy atom. The standard InChI is InChI=1S/C25H25FN8O/c26-19-6-2-1-5-17(19)13-14-29-24-32-23(28)33-25(34-24)30-15-16-9-11-18(12-10-16)22(35)31-21-8-4-3-7-20(21)27/h1-12H,13-15,27H2,(H,31,35)(H4,28,29,30,32,33,34). The molecule has 0 spiro atoms. The van der Waals surface area contributed by atoms with Gasteiger partial charge in [-0.3, -0.25) is 4.79 Å². The van der Waals surface area contributed by atoms with Gasteiger partial charge < -0.3 is 27.4 Å². The summed E-state index contributed by atoms with van der Waals surface area (Å²) in [4.78, 5) is 25.0. The second-order valence-corrected chi connectivity index (χ2v) is 7.70. The minimum absolute atomic E-state index is 0.0584. The number of halogens is 1. The summed E-state index contributed by atoms with van der Waals surface area (Å²) < 4.78 is 13.8. The van der Waals surface area contributed by atoms with Gasteiger partial charge in [-0.15, -0.1) is 0 Å². The number of nitrogens with one attached hydrogen (secondary N) is 3. The minimum atomic E-state index is -0.251. The average Bonchev–Trinajstić information content (AvgIpc) is 2.85. The van der Waals surface area contributed by atoms with Gasteiger partial charge in [0.25, 0.3) is 5.91 Å². The molecule has 0 saturated carbocycles. The molecule has 0 bridgehead atoms. The first kappa shape index (κ1) is 23.4. The summed E-state index contributed by atoms with van der Waals surface area (Å²) in [6.07, 6.45) is 0.470. The van der Waals surface area contributed by atoms with E-state index < -0.39 is 0 Å². The molecule has 0 aliphatic rings. The smallest absolute Gasteiger partial charge is 0.255 e. The van der Waals surface area contributed by atoms with Crippen LogP contribution in [0.5, 0.6) is 0 Å². The van der Waals surface area contributed by atoms with Crippen molar-refractivity contribution in [1.82, 2.24) is 15.0 Å². The summed E-state index contributed by atoms with van der Waals surface area (Å²) in [6.45, 7) is 0.841. The number of hydrogen-bond acceptors (Lipinski definition) is 8. The van der Waals surface area contributed by atoms with Gasteiger partial charge in [-0.25, -0.2) is 4.39 Å². The molecular formula is C25H25FN8O. The van der Waals surface area contributed by atoms with Crippen molar-refractivity contribution in [3.8, 4) is 0 Å². The van der Waals surface area contributed by atoms with Crippen LogP contribution < -0.4 is 27.4 Å². The number of nitrogens with two attached hydrogens (primary N) is 2. The maximum atomic E-state index is 13.8. The normalized spacial score (nSPS) is 10.5. The van der Waals surface area contributed by atoms with Crippen LogP contribution >= 0.6 is 0 Å². The van der Waals surface area contributed by atoms with Crippen molar-refractivity contribution in [2.75, 3.05) is 34.0 Å². The van der Waals surface area contributed by atoms with Crippen molar-refractivity contribution in [1.29, 1.82) is 0 Å². The predicted octanol–water partition coefficient (Wildman–Crippen LogP) is 3.69. The molecule has 1 amide bonds. The number of aromatic nitrogens is 3. The van der Waals surface area contributed by atoms with E-state index in [1.54, 1.807) is 54.6 Å². The van der Waals surface area contributed by atoms with E-state index in [1.165, 1.54) is 6.07 Å². The van der Waals surface area contributed by atoms with E-state index in [9.17, 15) is 9.18 Å². The Kier molecular flexibility index (Phi) is 7.31. The average molecular weight is 473 g/mol. The van der Waals surface area contributed by atoms with Crippen molar-refractivity contribution in [2.45, 2.75) is 13.0 Å². The van der Waals surface area contributed by atoms with Gasteiger partial charge in [-0.2, -0.15) is 15.0 Å². The molecule has 35 heavy (non-hydrogen) atoms. The number of carbonyl (C=O) groups is 1. The molecule has 9 nitrogen and oxygen atoms in total. The summed E-state index contributed by atoms with van der Waals surface area (Å²) in [6, 6.07) is 20.8. The number of rotatable bonds is 9. The maximum Gasteiger partial charge on any atom is 0.255 e. The van der Waals surface area contributed by atoms with Crippen molar-refractivity contribution in [3.05, 3.63) is 95.3 Å². The third-order valence-corrected chi connectivity index (χ3v) is 5.16. The summed E-state index contributed by atoms with van der Waals surface area (Å²) in [5.41, 5.74) is 14.8. The predicted molar refractivity (Wildman–Crippen MR) is 135 cm³/mol. The zero-order chi connectivity index (χ0) is 24.6. The lowest BCUT2D eigenvalue weighted by Gasteiger charge is -2.10. The number of anilines is 5. The lowest BCUT2D eigenvalue weighted by Crippen LogP contribution is -2.14. The Bertz CT molecular complexity index is 1310. The lowest BCUT2D eigenvalue weighted by molar-refractivity contribution is 0.102. The number of hydrogen-bond donors (Lipinski definition) is 5. The molecule has 10 heteroatoms. The minimum Gasteiger partial charge on any atom is -0.397 e. The van der Waals surface area contributed by atoms with Crippen LogP contribution in [0, 0.1) is 5.82 Å². The highest BCUT2D eigenvalue weighted by molar-refractivity contribution is 6.05. The molecule has 178 valence electrons. The topological polar surface area (TPSA) is 144 Å². The summed E-state index contributed by atoms with van der Waals surface area (Å²) in [5, 5.41) is 8.94. The molecule has 1 heterocycles. The molecule has 1 aromatic heterocycles. The van der Waals surface area contributed by atoms with E-state index in [0.29, 0.717) is 53.9 Å². The summed E-state index contributed by atoms with van der Waals surface area (Å²) >= 11 is 0. The number of nitrogen functional groups attached to an aromatic ring is 2. The number of benzene rings is 3. The van der Waals surface area contributed by atoms with Crippen LogP contribution in [0.3, 0.4) is 0 Å². The van der Waals surface area contributed by atoms with Crippen LogP contribution in [0.25, 0.3) is 0 Å². The first-order valence-electron chi connectivity index (χ1n) is 11.0. The molecule has 0 radical (unpaired) electrons. The van der Waals surface area contributed by atoms with Gasteiger partial charge >= 0.3 is 0 Å². The van der Waals surface area contributed by atoms with Crippen LogP contribution in [-0.2, 0) is 13.0 Å². The second kappa shape index (κ2) is 10.9. The van der Waals surface area contributed by atoms with E-state index in [-0.39, 0.29) is 17.7 Å². The maximum absolute atomic E-state index is 13.8. The van der Waals surface area contributed by atoms with Gasteiger partial charge in [-0.1, -0.05) is 42.5 Å². The number of nitrogens with zero attached hydrogens (tertiary/aromatic N) is 3. The SMILES string of the molecule is Nc1nc(NCCc2ccccc2F)nc(NCc2ccc(C(=O)Nc3ccccc3N)cc2)n1. The quantitative estimate of drug-likeness (QED) is 0.232. The zero-order valence-electron chi connectivity index (χ0n) is 18.8. The summed E-state index contributed by atoms with van der Waals surface area (Å²) in [7, 11) is 0. The Hall–Kier alpha value is -4.73. The second-order valence-electron chi connectivity index (χ2n) is 7.70. The van der Waals surface area contributed by atoms with Gasteiger partial charge in [0.2, 0.25) is 17.8 Å². The molecule has 0 saturated heterocycles. The van der Waals surface area contributed by atoms with Crippen molar-refractivity contribution in [2.24, 2.45) is 0 Å². The molecule has 0 aliphatic heterocycles. The zero-order valence-corrected chi connectivity index (χ0v) is 18.8. The number of carbonyl (C=O) groups excluding carboxylic acids is 1. The third kappa shape index (κ3) is 6.41. The highest BCUT2D eigenvalue weighted by atomic mass is 19.1. The molecule has 3 aromatic carbocycles. The first-order valence-corrected chi connectivity index (χ1v) is 11.0. The fourth-order valence-corrected chi connectivity index (χ4v) is 3.32. The van der Waals surface area contributed by atoms with Crippen LogP contribution in [0.4, 0.5) is 33.6 Å². The molecule has 0 atom stereocenters. The Morgan fingerprint density at radius 3 is 2.26 bits per heavy atom. The lowest BCUT2D eigenvalue weighted by atomic mass is 10.1. The fraction of sp³-hybridized carbons (Fsp3) is 0.120. The monoisotopic (exact) mass is 472 g/mol. The number of amides is 1. The van der Waals surface area contributed by atoms with Crippen LogP contribution in [0.15, 0.2) is 72.8 Å². The van der Waals surface area contributed by atoms with E-state index in [4.69, 9.17) is 11.5 Å². The number of para-hydroxylation sites is 2. The molecule has 4 aromatic rings. The van der Waals surface area contributed by atoms with E-state index >= 15 is 0 Å². The molecule has 0 aliphatic carbocycles. The first-order chi connectivity index (χ1) is 17.0.